The van der Waals surface area contributed by atoms with Crippen LogP contribution in [0.15, 0.2) is 36.4 Å². The van der Waals surface area contributed by atoms with Crippen molar-refractivity contribution in [2.45, 2.75) is 56.8 Å². The highest BCUT2D eigenvalue weighted by atomic mass is 19.1. The number of benzene rings is 2. The normalized spacial score (nSPS) is 19.2. The van der Waals surface area contributed by atoms with Gasteiger partial charge in [0.1, 0.15) is 0 Å². The van der Waals surface area contributed by atoms with Crippen molar-refractivity contribution in [1.82, 2.24) is 25.3 Å². The van der Waals surface area contributed by atoms with E-state index in [0.717, 1.165) is 38.8 Å². The molecule has 10 heteroatoms. The van der Waals surface area contributed by atoms with Crippen molar-refractivity contribution in [2.75, 3.05) is 46.9 Å². The molecule has 43 heavy (non-hydrogen) atoms. The Bertz CT molecular complexity index is 1390. The first-order valence-electron chi connectivity index (χ1n) is 15.0. The van der Waals surface area contributed by atoms with Gasteiger partial charge in [0.15, 0.2) is 17.1 Å². The molecule has 2 aromatic rings. The molecule has 1 unspecified atom stereocenters. The van der Waals surface area contributed by atoms with Gasteiger partial charge in [-0.1, -0.05) is 49.3 Å². The van der Waals surface area contributed by atoms with E-state index >= 15 is 0 Å². The van der Waals surface area contributed by atoms with Crippen molar-refractivity contribution in [1.29, 1.82) is 0 Å². The molecule has 0 radical (unpaired) electrons. The van der Waals surface area contributed by atoms with Crippen LogP contribution in [0.3, 0.4) is 0 Å². The van der Waals surface area contributed by atoms with E-state index in [1.165, 1.54) is 62.8 Å². The number of piperazine rings is 1. The Balaban J connectivity index is 1.26. The summed E-state index contributed by atoms with van der Waals surface area (Å²) in [5.74, 6) is 3.97. The Morgan fingerprint density at radius 3 is 2.47 bits per heavy atom. The third-order valence-corrected chi connectivity index (χ3v) is 8.99. The number of imide groups is 1. The molecule has 2 N–H and O–H groups in total. The molecular weight excluding hydrogens is 549 g/mol. The predicted octanol–water partition coefficient (Wildman–Crippen LogP) is 2.52. The number of methoxy groups -OCH3 is 1. The Morgan fingerprint density at radius 1 is 1.09 bits per heavy atom. The maximum absolute atomic E-state index is 14.9. The largest absolute Gasteiger partial charge is 0.494 e. The topological polar surface area (TPSA) is 94.2 Å². The molecule has 1 saturated carbocycles. The zero-order valence-corrected chi connectivity index (χ0v) is 25.0. The molecule has 5 rings (SSSR count). The van der Waals surface area contributed by atoms with E-state index in [4.69, 9.17) is 4.74 Å². The Labute approximate surface area is 252 Å². The van der Waals surface area contributed by atoms with E-state index in [1.807, 2.05) is 24.3 Å². The van der Waals surface area contributed by atoms with Crippen molar-refractivity contribution in [2.24, 2.45) is 0 Å². The van der Waals surface area contributed by atoms with Gasteiger partial charge < -0.3 is 9.64 Å². The maximum Gasteiger partial charge on any atom is 0.260 e. The van der Waals surface area contributed by atoms with Gasteiger partial charge >= 0.3 is 0 Å². The van der Waals surface area contributed by atoms with E-state index in [-0.39, 0.29) is 30.8 Å². The second kappa shape index (κ2) is 13.7. The van der Waals surface area contributed by atoms with Crippen LogP contribution in [0.4, 0.5) is 4.39 Å². The van der Waals surface area contributed by atoms with Gasteiger partial charge in [0, 0.05) is 50.9 Å². The quantitative estimate of drug-likeness (QED) is 0.343. The van der Waals surface area contributed by atoms with Crippen LogP contribution in [0.1, 0.15) is 59.2 Å². The van der Waals surface area contributed by atoms with Gasteiger partial charge in [-0.2, -0.15) is 0 Å². The molecule has 2 aliphatic heterocycles. The zero-order valence-electron chi connectivity index (χ0n) is 25.0. The molecule has 0 spiro atoms. The standard InChI is InChI=1S/C33H40FN5O4/c1-35-33(32(42)36-23-40,22-39-21-26-12-13-28(43-2)30(34)29(26)31(39)41)15-14-24-8-10-25(11-9-24)20-37-16-18-38(19-17-37)27-6-4-3-5-7-27/h8-13,23,27,35H,3-7,16-22H2,1-2H3,(H,36,40,42). The average Bonchev–Trinajstić information content (AvgIpc) is 3.36. The van der Waals surface area contributed by atoms with Crippen LogP contribution in [0, 0.1) is 17.7 Å². The van der Waals surface area contributed by atoms with Crippen LogP contribution in [0.2, 0.25) is 0 Å². The molecule has 228 valence electrons. The maximum atomic E-state index is 14.9. The van der Waals surface area contributed by atoms with Crippen LogP contribution in [0.25, 0.3) is 0 Å². The fourth-order valence-electron chi connectivity index (χ4n) is 6.43. The Hall–Kier alpha value is -3.78. The van der Waals surface area contributed by atoms with Gasteiger partial charge in [0.25, 0.3) is 11.8 Å². The van der Waals surface area contributed by atoms with Crippen LogP contribution < -0.4 is 15.4 Å². The summed E-state index contributed by atoms with van der Waals surface area (Å²) >= 11 is 0. The van der Waals surface area contributed by atoms with Crippen molar-refractivity contribution in [3.05, 3.63) is 64.5 Å². The van der Waals surface area contributed by atoms with Gasteiger partial charge in [-0.3, -0.25) is 34.8 Å². The minimum atomic E-state index is -1.62. The number of hydrogen-bond acceptors (Lipinski definition) is 7. The lowest BCUT2D eigenvalue weighted by molar-refractivity contribution is -0.129. The number of ether oxygens (including phenoxy) is 1. The highest BCUT2D eigenvalue weighted by Crippen LogP contribution is 2.31. The molecule has 2 heterocycles. The SMILES string of the molecule is CNC(C#Cc1ccc(CN2CCN(C3CCCCC3)CC2)cc1)(CN1Cc2ccc(OC)c(F)c2C1=O)C(=O)NC=O. The summed E-state index contributed by atoms with van der Waals surface area (Å²) in [4.78, 5) is 44.0. The average molecular weight is 590 g/mol. The van der Waals surface area contributed by atoms with E-state index in [0.29, 0.717) is 11.1 Å². The monoisotopic (exact) mass is 589 g/mol. The molecule has 2 aromatic carbocycles. The summed E-state index contributed by atoms with van der Waals surface area (Å²) < 4.78 is 19.9. The summed E-state index contributed by atoms with van der Waals surface area (Å²) in [5.41, 5.74) is 0.669. The molecule has 9 nitrogen and oxygen atoms in total. The second-order valence-corrected chi connectivity index (χ2v) is 11.6. The number of amides is 3. The fourth-order valence-corrected chi connectivity index (χ4v) is 6.43. The number of nitrogens with one attached hydrogen (secondary N) is 2. The van der Waals surface area contributed by atoms with Crippen LogP contribution in [-0.4, -0.2) is 91.4 Å². The zero-order chi connectivity index (χ0) is 30.4. The molecule has 3 amide bonds. The lowest BCUT2D eigenvalue weighted by Crippen LogP contribution is -2.60. The summed E-state index contributed by atoms with van der Waals surface area (Å²) in [7, 11) is 2.87. The highest BCUT2D eigenvalue weighted by Gasteiger charge is 2.42. The van der Waals surface area contributed by atoms with Crippen molar-refractivity contribution in [3.8, 4) is 17.6 Å². The van der Waals surface area contributed by atoms with Crippen molar-refractivity contribution >= 4 is 18.2 Å². The molecule has 1 atom stereocenters. The minimum absolute atomic E-state index is 0.0301. The van der Waals surface area contributed by atoms with E-state index in [2.05, 4.69) is 32.3 Å². The van der Waals surface area contributed by atoms with E-state index in [1.54, 1.807) is 6.07 Å². The Kier molecular flexibility index (Phi) is 9.76. The van der Waals surface area contributed by atoms with Gasteiger partial charge in [-0.25, -0.2) is 4.39 Å². The molecule has 3 aliphatic rings. The number of likely N-dealkylation sites (N-methyl/N-ethyl adjacent to an activating group) is 1. The van der Waals surface area contributed by atoms with Crippen molar-refractivity contribution < 1.29 is 23.5 Å². The van der Waals surface area contributed by atoms with E-state index < -0.39 is 23.2 Å². The van der Waals surface area contributed by atoms with Gasteiger partial charge in [-0.05, 0) is 49.2 Å². The Morgan fingerprint density at radius 2 is 1.81 bits per heavy atom. The van der Waals surface area contributed by atoms with Gasteiger partial charge in [0.2, 0.25) is 6.41 Å². The molecular formula is C33H40FN5O4. The van der Waals surface area contributed by atoms with Gasteiger partial charge in [0.05, 0.1) is 19.2 Å². The number of nitrogens with zero attached hydrogens (tertiary/aromatic N) is 3. The number of fused-ring (bicyclic) bond motifs is 1. The first kappa shape index (κ1) is 30.7. The van der Waals surface area contributed by atoms with Crippen LogP contribution in [0.5, 0.6) is 5.75 Å². The van der Waals surface area contributed by atoms with E-state index in [9.17, 15) is 18.8 Å². The number of carbonyl (C=O) groups is 3. The third-order valence-electron chi connectivity index (χ3n) is 8.99. The molecule has 0 aromatic heterocycles. The number of hydrogen-bond donors (Lipinski definition) is 2. The third kappa shape index (κ3) is 6.74. The number of carbonyl (C=O) groups excluding carboxylic acids is 3. The first-order valence-corrected chi connectivity index (χ1v) is 15.0. The predicted molar refractivity (Wildman–Crippen MR) is 161 cm³/mol. The van der Waals surface area contributed by atoms with Crippen LogP contribution in [-0.2, 0) is 22.7 Å². The highest BCUT2D eigenvalue weighted by molar-refractivity contribution is 6.01. The molecule has 1 saturated heterocycles. The van der Waals surface area contributed by atoms with Crippen LogP contribution >= 0.6 is 0 Å². The van der Waals surface area contributed by atoms with Gasteiger partial charge in [-0.15, -0.1) is 0 Å². The first-order chi connectivity index (χ1) is 20.9. The summed E-state index contributed by atoms with van der Waals surface area (Å²) in [6.45, 7) is 5.12. The molecule has 0 bridgehead atoms. The molecule has 2 fully saturated rings. The fraction of sp³-hybridized carbons (Fsp3) is 0.485. The number of halogens is 1. The smallest absolute Gasteiger partial charge is 0.260 e. The van der Waals surface area contributed by atoms with Crippen molar-refractivity contribution in [3.63, 3.8) is 0 Å². The minimum Gasteiger partial charge on any atom is -0.494 e. The lowest BCUT2D eigenvalue weighted by atomic mass is 9.94. The summed E-state index contributed by atoms with van der Waals surface area (Å²) in [5, 5.41) is 5.07. The number of rotatable bonds is 9. The summed E-state index contributed by atoms with van der Waals surface area (Å²) in [6, 6.07) is 11.8. The second-order valence-electron chi connectivity index (χ2n) is 11.6. The molecule has 1 aliphatic carbocycles. The lowest BCUT2D eigenvalue weighted by Gasteiger charge is -2.40. The summed E-state index contributed by atoms with van der Waals surface area (Å²) in [6.07, 6.45) is 7.05.